The molecule has 0 aliphatic carbocycles. The third-order valence-electron chi connectivity index (χ3n) is 5.11. The summed E-state index contributed by atoms with van der Waals surface area (Å²) in [5.41, 5.74) is -0.372. The van der Waals surface area contributed by atoms with E-state index in [1.165, 1.54) is 9.80 Å². The molecule has 1 saturated heterocycles. The summed E-state index contributed by atoms with van der Waals surface area (Å²) in [6, 6.07) is 6.90. The molecule has 8 heteroatoms. The number of ether oxygens (including phenoxy) is 2. The van der Waals surface area contributed by atoms with Gasteiger partial charge in [-0.3, -0.25) is 10.1 Å². The Balaban J connectivity index is 1.68. The number of methoxy groups -OCH3 is 1. The Morgan fingerprint density at radius 1 is 1.07 bits per heavy atom. The highest BCUT2D eigenvalue weighted by molar-refractivity contribution is 5.96. The van der Waals surface area contributed by atoms with Crippen LogP contribution in [-0.2, 0) is 4.79 Å². The summed E-state index contributed by atoms with van der Waals surface area (Å²) in [5.74, 6) is 1.43. The van der Waals surface area contributed by atoms with Gasteiger partial charge in [0.25, 0.3) is 5.91 Å². The average Bonchev–Trinajstić information content (AvgIpc) is 2.67. The minimum absolute atomic E-state index is 0.229. The Kier molecular flexibility index (Phi) is 8.28. The number of imide groups is 1. The second-order valence-corrected chi connectivity index (χ2v) is 8.60. The molecule has 1 heterocycles. The van der Waals surface area contributed by atoms with E-state index in [0.29, 0.717) is 6.61 Å². The predicted octanol–water partition coefficient (Wildman–Crippen LogP) is -1.13. The Morgan fingerprint density at radius 3 is 2.21 bits per heavy atom. The molecule has 3 amide bonds. The van der Waals surface area contributed by atoms with Gasteiger partial charge in [0.2, 0.25) is 0 Å². The quantitative estimate of drug-likeness (QED) is 0.460. The van der Waals surface area contributed by atoms with E-state index in [4.69, 9.17) is 9.47 Å². The fourth-order valence-electron chi connectivity index (χ4n) is 3.37. The van der Waals surface area contributed by atoms with Crippen molar-refractivity contribution in [3.8, 4) is 11.5 Å². The van der Waals surface area contributed by atoms with Gasteiger partial charge in [-0.05, 0) is 52.0 Å². The fourth-order valence-corrected chi connectivity index (χ4v) is 3.37. The average molecular weight is 409 g/mol. The van der Waals surface area contributed by atoms with Gasteiger partial charge in [-0.1, -0.05) is 0 Å². The van der Waals surface area contributed by atoms with Crippen LogP contribution in [0.2, 0.25) is 0 Å². The molecular formula is C21H36N4O4+2. The molecule has 1 atom stereocenters. The summed E-state index contributed by atoms with van der Waals surface area (Å²) >= 11 is 0. The van der Waals surface area contributed by atoms with Crippen molar-refractivity contribution in [3.63, 3.8) is 0 Å². The van der Waals surface area contributed by atoms with Gasteiger partial charge in [-0.25, -0.2) is 4.79 Å². The van der Waals surface area contributed by atoms with E-state index in [9.17, 15) is 9.59 Å². The third kappa shape index (κ3) is 7.91. The van der Waals surface area contributed by atoms with Gasteiger partial charge in [-0.15, -0.1) is 0 Å². The molecular weight excluding hydrogens is 372 g/mol. The van der Waals surface area contributed by atoms with E-state index in [0.717, 1.165) is 44.2 Å². The molecule has 0 bridgehead atoms. The highest BCUT2D eigenvalue weighted by atomic mass is 16.5. The molecule has 1 aliphatic heterocycles. The minimum atomic E-state index is -0.436. The molecule has 162 valence electrons. The standard InChI is InChI=1S/C21H34N4O4/c1-16(19(26)22-20(27)23-21(2,3)4)25-12-10-24(11-13-25)14-15-29-18-8-6-17(28-5)7-9-18/h6-9,16H,10-15H2,1-5H3,(H2,22,23,26,27)/p+2/t16-/m0/s1. The lowest BCUT2D eigenvalue weighted by Gasteiger charge is -2.32. The number of hydrogen-bond acceptors (Lipinski definition) is 4. The molecule has 0 unspecified atom stereocenters. The van der Waals surface area contributed by atoms with Crippen LogP contribution in [0.15, 0.2) is 24.3 Å². The third-order valence-corrected chi connectivity index (χ3v) is 5.11. The lowest BCUT2D eigenvalue weighted by molar-refractivity contribution is -1.02. The molecule has 29 heavy (non-hydrogen) atoms. The lowest BCUT2D eigenvalue weighted by atomic mass is 10.1. The first-order valence-electron chi connectivity index (χ1n) is 10.3. The molecule has 0 radical (unpaired) electrons. The zero-order chi connectivity index (χ0) is 21.4. The normalized spacial score (nSPS) is 20.4. The highest BCUT2D eigenvalue weighted by Crippen LogP contribution is 2.16. The van der Waals surface area contributed by atoms with Gasteiger partial charge < -0.3 is 24.6 Å². The van der Waals surface area contributed by atoms with Crippen molar-refractivity contribution in [2.24, 2.45) is 0 Å². The van der Waals surface area contributed by atoms with Crippen molar-refractivity contribution in [2.75, 3.05) is 46.4 Å². The molecule has 0 saturated carbocycles. The van der Waals surface area contributed by atoms with Gasteiger partial charge >= 0.3 is 6.03 Å². The number of hydrogen-bond donors (Lipinski definition) is 4. The zero-order valence-corrected chi connectivity index (χ0v) is 18.3. The van der Waals surface area contributed by atoms with Gasteiger partial charge in [0.05, 0.1) is 7.11 Å². The van der Waals surface area contributed by atoms with Gasteiger partial charge in [0, 0.05) is 5.54 Å². The molecule has 1 aromatic rings. The van der Waals surface area contributed by atoms with E-state index in [-0.39, 0.29) is 17.5 Å². The lowest BCUT2D eigenvalue weighted by Crippen LogP contribution is -3.30. The zero-order valence-electron chi connectivity index (χ0n) is 18.3. The van der Waals surface area contributed by atoms with Crippen LogP contribution < -0.4 is 29.9 Å². The van der Waals surface area contributed by atoms with Crippen LogP contribution in [0.1, 0.15) is 27.7 Å². The molecule has 2 rings (SSSR count). The summed E-state index contributed by atoms with van der Waals surface area (Å²) in [6.45, 7) is 12.9. The summed E-state index contributed by atoms with van der Waals surface area (Å²) in [6.07, 6.45) is 0. The summed E-state index contributed by atoms with van der Waals surface area (Å²) in [7, 11) is 1.64. The molecule has 0 aromatic heterocycles. The smallest absolute Gasteiger partial charge is 0.322 e. The maximum atomic E-state index is 12.4. The topological polar surface area (TPSA) is 85.5 Å². The number of benzene rings is 1. The molecule has 1 aliphatic rings. The number of carbonyl (C=O) groups is 2. The van der Waals surface area contributed by atoms with Crippen LogP contribution in [0.4, 0.5) is 4.79 Å². The van der Waals surface area contributed by atoms with Crippen LogP contribution >= 0.6 is 0 Å². The van der Waals surface area contributed by atoms with E-state index in [2.05, 4.69) is 10.6 Å². The Morgan fingerprint density at radius 2 is 1.66 bits per heavy atom. The number of nitrogens with one attached hydrogen (secondary N) is 4. The minimum Gasteiger partial charge on any atom is -0.497 e. The first-order chi connectivity index (χ1) is 13.7. The van der Waals surface area contributed by atoms with Gasteiger partial charge in [0.15, 0.2) is 6.04 Å². The molecule has 1 aromatic carbocycles. The van der Waals surface area contributed by atoms with Gasteiger partial charge in [0.1, 0.15) is 50.8 Å². The van der Waals surface area contributed by atoms with Crippen molar-refractivity contribution >= 4 is 11.9 Å². The second-order valence-electron chi connectivity index (χ2n) is 8.60. The Bertz CT molecular complexity index is 664. The highest BCUT2D eigenvalue weighted by Gasteiger charge is 2.32. The van der Waals surface area contributed by atoms with Crippen LogP contribution in [0, 0.1) is 0 Å². The van der Waals surface area contributed by atoms with Gasteiger partial charge in [-0.2, -0.15) is 0 Å². The summed E-state index contributed by atoms with van der Waals surface area (Å²) in [5, 5.41) is 5.21. The SMILES string of the molecule is COc1ccc(OCC[NH+]2CC[NH+]([C@@H](C)C(=O)NC(=O)NC(C)(C)C)CC2)cc1. The largest absolute Gasteiger partial charge is 0.497 e. The fraction of sp³-hybridized carbons (Fsp3) is 0.619. The summed E-state index contributed by atoms with van der Waals surface area (Å²) < 4.78 is 11.0. The molecule has 8 nitrogen and oxygen atoms in total. The first-order valence-corrected chi connectivity index (χ1v) is 10.3. The monoisotopic (exact) mass is 408 g/mol. The van der Waals surface area contributed by atoms with Crippen LogP contribution in [-0.4, -0.2) is 70.0 Å². The molecule has 4 N–H and O–H groups in total. The van der Waals surface area contributed by atoms with Crippen molar-refractivity contribution < 1.29 is 28.9 Å². The van der Waals surface area contributed by atoms with Crippen LogP contribution in [0.3, 0.4) is 0 Å². The predicted molar refractivity (Wildman–Crippen MR) is 111 cm³/mol. The Hall–Kier alpha value is -2.32. The van der Waals surface area contributed by atoms with Crippen molar-refractivity contribution in [1.82, 2.24) is 10.6 Å². The number of rotatable bonds is 7. The molecule has 1 fully saturated rings. The van der Waals surface area contributed by atoms with Crippen LogP contribution in [0.5, 0.6) is 11.5 Å². The van der Waals surface area contributed by atoms with Crippen molar-refractivity contribution in [1.29, 1.82) is 0 Å². The maximum Gasteiger partial charge on any atom is 0.322 e. The Labute approximate surface area is 173 Å². The number of quaternary nitrogens is 2. The van der Waals surface area contributed by atoms with E-state index in [1.807, 2.05) is 52.0 Å². The van der Waals surface area contributed by atoms with Crippen molar-refractivity contribution in [3.05, 3.63) is 24.3 Å². The summed E-state index contributed by atoms with van der Waals surface area (Å²) in [4.78, 5) is 27.0. The van der Waals surface area contributed by atoms with E-state index < -0.39 is 6.03 Å². The number of carbonyl (C=O) groups excluding carboxylic acids is 2. The van der Waals surface area contributed by atoms with Crippen molar-refractivity contribution in [2.45, 2.75) is 39.3 Å². The number of urea groups is 1. The number of piperazine rings is 1. The second kappa shape index (κ2) is 10.5. The van der Waals surface area contributed by atoms with E-state index >= 15 is 0 Å². The van der Waals surface area contributed by atoms with E-state index in [1.54, 1.807) is 7.11 Å². The van der Waals surface area contributed by atoms with Crippen LogP contribution in [0.25, 0.3) is 0 Å². The molecule has 0 spiro atoms. The maximum absolute atomic E-state index is 12.4. The first kappa shape index (κ1) is 23.0. The number of amides is 3.